The molecule has 1 aromatic carbocycles. The highest BCUT2D eigenvalue weighted by Gasteiger charge is 2.26. The van der Waals surface area contributed by atoms with Gasteiger partial charge in [-0.1, -0.05) is 41.9 Å². The maximum atomic E-state index is 12.9. The zero-order valence-corrected chi connectivity index (χ0v) is 21.6. The summed E-state index contributed by atoms with van der Waals surface area (Å²) in [4.78, 5) is 26.8. The van der Waals surface area contributed by atoms with Crippen molar-refractivity contribution < 1.29 is 14.3 Å². The van der Waals surface area contributed by atoms with Crippen molar-refractivity contribution in [3.8, 4) is 11.4 Å². The Hall–Kier alpha value is -2.36. The molecule has 0 bridgehead atoms. The Balaban J connectivity index is 1.49. The van der Waals surface area contributed by atoms with Crippen molar-refractivity contribution in [2.45, 2.75) is 57.7 Å². The van der Waals surface area contributed by atoms with Gasteiger partial charge in [-0.2, -0.15) is 0 Å². The molecule has 1 aliphatic carbocycles. The van der Waals surface area contributed by atoms with Crippen molar-refractivity contribution in [2.75, 3.05) is 17.7 Å². The first-order valence-corrected chi connectivity index (χ1v) is 13.6. The Morgan fingerprint density at radius 1 is 1.21 bits per heavy atom. The lowest BCUT2D eigenvalue weighted by Gasteiger charge is -2.09. The Morgan fingerprint density at radius 2 is 2.03 bits per heavy atom. The number of hydrogen-bond acceptors (Lipinski definition) is 7. The van der Waals surface area contributed by atoms with E-state index < -0.39 is 0 Å². The van der Waals surface area contributed by atoms with Crippen LogP contribution in [0.2, 0.25) is 5.02 Å². The fraction of sp³-hybridized carbons (Fsp3) is 0.417. The number of nitrogens with zero attached hydrogens (tertiary/aromatic N) is 3. The van der Waals surface area contributed by atoms with Crippen molar-refractivity contribution in [1.29, 1.82) is 0 Å². The molecule has 3 aromatic rings. The zero-order valence-electron chi connectivity index (χ0n) is 19.2. The van der Waals surface area contributed by atoms with Crippen molar-refractivity contribution in [3.05, 3.63) is 45.3 Å². The third-order valence-corrected chi connectivity index (χ3v) is 8.01. The predicted octanol–water partition coefficient (Wildman–Crippen LogP) is 5.86. The number of ether oxygens (including phenoxy) is 1. The van der Waals surface area contributed by atoms with Crippen LogP contribution in [-0.2, 0) is 28.9 Å². The van der Waals surface area contributed by atoms with Gasteiger partial charge >= 0.3 is 5.97 Å². The normalized spacial score (nSPS) is 13.3. The summed E-state index contributed by atoms with van der Waals surface area (Å²) in [6.45, 7) is 4.75. The number of hydrogen-bond donors (Lipinski definition) is 1. The monoisotopic (exact) mass is 518 g/mol. The van der Waals surface area contributed by atoms with Crippen LogP contribution in [0.5, 0.6) is 0 Å². The van der Waals surface area contributed by atoms with Crippen LogP contribution in [0.3, 0.4) is 0 Å². The molecule has 180 valence electrons. The summed E-state index contributed by atoms with van der Waals surface area (Å²) in [5, 5.41) is 13.4. The Labute approximate surface area is 212 Å². The lowest BCUT2D eigenvalue weighted by molar-refractivity contribution is -0.113. The molecule has 0 spiro atoms. The van der Waals surface area contributed by atoms with Crippen LogP contribution in [0.4, 0.5) is 5.00 Å². The average molecular weight is 519 g/mol. The Bertz CT molecular complexity index is 1190. The van der Waals surface area contributed by atoms with Crippen LogP contribution in [0.15, 0.2) is 29.4 Å². The highest BCUT2D eigenvalue weighted by molar-refractivity contribution is 7.99. The number of rotatable bonds is 8. The summed E-state index contributed by atoms with van der Waals surface area (Å²) in [5.41, 5.74) is 2.44. The van der Waals surface area contributed by atoms with Crippen LogP contribution in [-0.4, -0.2) is 39.0 Å². The van der Waals surface area contributed by atoms with Gasteiger partial charge in [-0.05, 0) is 57.2 Å². The number of amides is 1. The molecule has 10 heteroatoms. The molecule has 2 aromatic heterocycles. The van der Waals surface area contributed by atoms with Gasteiger partial charge < -0.3 is 14.6 Å². The van der Waals surface area contributed by atoms with Gasteiger partial charge in [0.25, 0.3) is 0 Å². The molecule has 0 fully saturated rings. The van der Waals surface area contributed by atoms with Gasteiger partial charge in [-0.25, -0.2) is 4.79 Å². The molecule has 1 amide bonds. The number of aryl methyl sites for hydroxylation is 1. The van der Waals surface area contributed by atoms with Crippen LogP contribution >= 0.6 is 34.7 Å². The van der Waals surface area contributed by atoms with Gasteiger partial charge in [0.1, 0.15) is 5.00 Å². The SMILES string of the molecule is CCOC(=O)c1c(NC(=O)CSc2nnc(-c3cccc(Cl)c3)n2CC)sc2c1CCCCC2. The number of esters is 1. The number of halogens is 1. The fourth-order valence-corrected chi connectivity index (χ4v) is 6.35. The summed E-state index contributed by atoms with van der Waals surface area (Å²) in [6, 6.07) is 7.46. The molecule has 0 atom stereocenters. The summed E-state index contributed by atoms with van der Waals surface area (Å²) in [7, 11) is 0. The van der Waals surface area contributed by atoms with E-state index >= 15 is 0 Å². The molecule has 34 heavy (non-hydrogen) atoms. The maximum absolute atomic E-state index is 12.9. The molecule has 4 rings (SSSR count). The third-order valence-electron chi connectivity index (χ3n) is 5.60. The van der Waals surface area contributed by atoms with Crippen LogP contribution in [0.25, 0.3) is 11.4 Å². The number of fused-ring (bicyclic) bond motifs is 1. The quantitative estimate of drug-likeness (QED) is 0.228. The molecule has 0 radical (unpaired) electrons. The first kappa shape index (κ1) is 24.8. The molecule has 0 saturated carbocycles. The molecule has 0 saturated heterocycles. The lowest BCUT2D eigenvalue weighted by atomic mass is 10.1. The summed E-state index contributed by atoms with van der Waals surface area (Å²) in [6.07, 6.45) is 5.07. The molecule has 2 heterocycles. The first-order chi connectivity index (χ1) is 16.5. The minimum absolute atomic E-state index is 0.151. The molecule has 1 N–H and O–H groups in total. The van der Waals surface area contributed by atoms with Gasteiger partial charge in [0.15, 0.2) is 11.0 Å². The smallest absolute Gasteiger partial charge is 0.341 e. The van der Waals surface area contributed by atoms with Gasteiger partial charge in [-0.3, -0.25) is 4.79 Å². The van der Waals surface area contributed by atoms with Crippen molar-refractivity contribution >= 4 is 51.6 Å². The van der Waals surface area contributed by atoms with E-state index in [0.717, 1.165) is 43.2 Å². The molecular formula is C24H27ClN4O3S2. The molecule has 0 unspecified atom stereocenters. The Kier molecular flexibility index (Phi) is 8.28. The lowest BCUT2D eigenvalue weighted by Crippen LogP contribution is -2.17. The van der Waals surface area contributed by atoms with Gasteiger partial charge in [0, 0.05) is 22.0 Å². The zero-order chi connectivity index (χ0) is 24.1. The van der Waals surface area contributed by atoms with E-state index in [0.29, 0.717) is 39.7 Å². The van der Waals surface area contributed by atoms with E-state index in [4.69, 9.17) is 16.3 Å². The highest BCUT2D eigenvalue weighted by Crippen LogP contribution is 2.38. The van der Waals surface area contributed by atoms with Crippen molar-refractivity contribution in [2.24, 2.45) is 0 Å². The highest BCUT2D eigenvalue weighted by atomic mass is 35.5. The van der Waals surface area contributed by atoms with E-state index in [2.05, 4.69) is 15.5 Å². The minimum atomic E-state index is -0.359. The Morgan fingerprint density at radius 3 is 2.79 bits per heavy atom. The number of thioether (sulfide) groups is 1. The molecule has 1 aliphatic rings. The molecular weight excluding hydrogens is 492 g/mol. The van der Waals surface area contributed by atoms with Crippen LogP contribution in [0.1, 0.15) is 53.9 Å². The average Bonchev–Trinajstić information content (AvgIpc) is 3.30. The van der Waals surface area contributed by atoms with Gasteiger partial charge in [0.05, 0.1) is 17.9 Å². The van der Waals surface area contributed by atoms with Crippen LogP contribution in [0, 0.1) is 0 Å². The molecule has 0 aliphatic heterocycles. The van der Waals surface area contributed by atoms with Crippen molar-refractivity contribution in [1.82, 2.24) is 14.8 Å². The van der Waals surface area contributed by atoms with Gasteiger partial charge in [0.2, 0.25) is 5.91 Å². The predicted molar refractivity (Wildman–Crippen MR) is 137 cm³/mol. The second-order valence-corrected chi connectivity index (χ2v) is 10.4. The van der Waals surface area contributed by atoms with E-state index in [1.807, 2.05) is 35.8 Å². The molecule has 7 nitrogen and oxygen atoms in total. The van der Waals surface area contributed by atoms with E-state index in [1.54, 1.807) is 6.92 Å². The number of nitrogens with one attached hydrogen (secondary N) is 1. The largest absolute Gasteiger partial charge is 0.462 e. The number of anilines is 1. The van der Waals surface area contributed by atoms with E-state index in [9.17, 15) is 9.59 Å². The minimum Gasteiger partial charge on any atom is -0.462 e. The number of carbonyl (C=O) groups excluding carboxylic acids is 2. The topological polar surface area (TPSA) is 86.1 Å². The summed E-state index contributed by atoms with van der Waals surface area (Å²) in [5.74, 6) is 0.307. The number of thiophene rings is 1. The number of carbonyl (C=O) groups is 2. The fourth-order valence-electron chi connectivity index (χ4n) is 4.06. The third kappa shape index (κ3) is 5.47. The maximum Gasteiger partial charge on any atom is 0.341 e. The first-order valence-electron chi connectivity index (χ1n) is 11.4. The second-order valence-electron chi connectivity index (χ2n) is 7.89. The number of aromatic nitrogens is 3. The standard InChI is InChI=1S/C24H27ClN4O3S2/c1-3-29-21(15-9-8-10-16(25)13-15)27-28-24(29)33-14-19(30)26-22-20(23(31)32-4-2)17-11-6-5-7-12-18(17)34-22/h8-10,13H,3-7,11-12,14H2,1-2H3,(H,26,30). The summed E-state index contributed by atoms with van der Waals surface area (Å²) >= 11 is 8.95. The second kappa shape index (κ2) is 11.4. The van der Waals surface area contributed by atoms with E-state index in [1.165, 1.54) is 28.0 Å². The number of benzene rings is 1. The van der Waals surface area contributed by atoms with E-state index in [-0.39, 0.29) is 17.6 Å². The van der Waals surface area contributed by atoms with Gasteiger partial charge in [-0.15, -0.1) is 21.5 Å². The van der Waals surface area contributed by atoms with Crippen LogP contribution < -0.4 is 5.32 Å². The summed E-state index contributed by atoms with van der Waals surface area (Å²) < 4.78 is 7.27. The van der Waals surface area contributed by atoms with Crippen molar-refractivity contribution in [3.63, 3.8) is 0 Å².